The number of benzene rings is 3. The summed E-state index contributed by atoms with van der Waals surface area (Å²) in [5.74, 6) is 0.431. The Morgan fingerprint density at radius 3 is 1.62 bits per heavy atom. The van der Waals surface area contributed by atoms with Crippen molar-refractivity contribution >= 4 is 23.1 Å². The molecular weight excluding hydrogens is 310 g/mol. The molecule has 0 spiro atoms. The number of aliphatic imine (C=N–C) groups is 1. The summed E-state index contributed by atoms with van der Waals surface area (Å²) < 4.78 is 0. The lowest BCUT2D eigenvalue weighted by Crippen LogP contribution is -1.92. The van der Waals surface area contributed by atoms with Gasteiger partial charge < -0.3 is 0 Å². The van der Waals surface area contributed by atoms with Gasteiger partial charge in [-0.3, -0.25) is 0 Å². The summed E-state index contributed by atoms with van der Waals surface area (Å²) in [5.41, 5.74) is 6.64. The number of thiocarbonyl (C=S) groups is 1. The van der Waals surface area contributed by atoms with Crippen molar-refractivity contribution in [1.29, 1.82) is 0 Å². The normalized spacial score (nSPS) is 10.5. The van der Waals surface area contributed by atoms with Gasteiger partial charge in [0.15, 0.2) is 0 Å². The second kappa shape index (κ2) is 7.35. The first kappa shape index (κ1) is 16.3. The number of hydrogen-bond acceptors (Lipinski definition) is 2. The molecule has 0 aliphatic rings. The highest BCUT2D eigenvalue weighted by atomic mass is 32.1. The largest absolute Gasteiger partial charge is 0.193 e. The molecule has 3 aromatic rings. The molecule has 0 aliphatic carbocycles. The fourth-order valence-corrected chi connectivity index (χ4v) is 2.92. The minimum absolute atomic E-state index is 0.431. The first-order chi connectivity index (χ1) is 11.7. The molecule has 0 saturated carbocycles. The van der Waals surface area contributed by atoms with E-state index in [0.29, 0.717) is 5.92 Å². The molecule has 24 heavy (non-hydrogen) atoms. The van der Waals surface area contributed by atoms with E-state index in [-0.39, 0.29) is 0 Å². The van der Waals surface area contributed by atoms with Crippen LogP contribution in [-0.4, -0.2) is 5.16 Å². The van der Waals surface area contributed by atoms with Crippen molar-refractivity contribution in [3.63, 3.8) is 0 Å². The van der Waals surface area contributed by atoms with E-state index >= 15 is 0 Å². The summed E-state index contributed by atoms with van der Waals surface area (Å²) in [6.45, 7) is 4.42. The van der Waals surface area contributed by atoms with Crippen LogP contribution in [0.1, 0.15) is 25.3 Å². The van der Waals surface area contributed by atoms with Gasteiger partial charge in [0.2, 0.25) is 0 Å². The highest BCUT2D eigenvalue weighted by Crippen LogP contribution is 2.41. The van der Waals surface area contributed by atoms with Crippen molar-refractivity contribution in [2.24, 2.45) is 4.99 Å². The Labute approximate surface area is 148 Å². The molecule has 0 aliphatic heterocycles. The molecule has 118 valence electrons. The quantitative estimate of drug-likeness (QED) is 0.375. The molecule has 0 saturated heterocycles. The smallest absolute Gasteiger partial charge is 0.0896 e. The third kappa shape index (κ3) is 3.35. The van der Waals surface area contributed by atoms with Crippen molar-refractivity contribution in [2.45, 2.75) is 19.8 Å². The highest BCUT2D eigenvalue weighted by molar-refractivity contribution is 7.78. The Bertz CT molecular complexity index is 816. The van der Waals surface area contributed by atoms with Gasteiger partial charge in [-0.15, -0.1) is 0 Å². The van der Waals surface area contributed by atoms with Crippen LogP contribution in [0.3, 0.4) is 0 Å². The number of isothiocyanates is 1. The predicted octanol–water partition coefficient (Wildman–Crippen LogP) is 6.88. The van der Waals surface area contributed by atoms with Crippen LogP contribution in [0.4, 0.5) is 5.69 Å². The lowest BCUT2D eigenvalue weighted by atomic mass is 9.90. The zero-order valence-corrected chi connectivity index (χ0v) is 14.7. The molecule has 0 fully saturated rings. The van der Waals surface area contributed by atoms with Crippen molar-refractivity contribution in [3.8, 4) is 22.3 Å². The van der Waals surface area contributed by atoms with Crippen LogP contribution in [0, 0.1) is 0 Å². The Balaban J connectivity index is 2.35. The Kier molecular flexibility index (Phi) is 5.00. The van der Waals surface area contributed by atoms with Gasteiger partial charge in [0.05, 0.1) is 10.8 Å². The predicted molar refractivity (Wildman–Crippen MR) is 106 cm³/mol. The summed E-state index contributed by atoms with van der Waals surface area (Å²) in [6.07, 6.45) is 0. The van der Waals surface area contributed by atoms with Crippen molar-refractivity contribution in [2.75, 3.05) is 0 Å². The molecule has 3 rings (SSSR count). The Morgan fingerprint density at radius 2 is 1.25 bits per heavy atom. The Hall–Kier alpha value is -2.54. The average Bonchev–Trinajstić information content (AvgIpc) is 2.63. The summed E-state index contributed by atoms with van der Waals surface area (Å²) >= 11 is 4.92. The lowest BCUT2D eigenvalue weighted by Gasteiger charge is -2.16. The van der Waals surface area contributed by atoms with Gasteiger partial charge in [-0.1, -0.05) is 74.5 Å². The molecule has 0 atom stereocenters. The number of rotatable bonds is 4. The van der Waals surface area contributed by atoms with Crippen molar-refractivity contribution in [3.05, 3.63) is 78.4 Å². The van der Waals surface area contributed by atoms with E-state index < -0.39 is 0 Å². The molecule has 0 bridgehead atoms. The maximum Gasteiger partial charge on any atom is 0.0896 e. The van der Waals surface area contributed by atoms with Gasteiger partial charge in [0, 0.05) is 11.1 Å². The van der Waals surface area contributed by atoms with Crippen LogP contribution >= 0.6 is 12.2 Å². The van der Waals surface area contributed by atoms with Crippen molar-refractivity contribution < 1.29 is 0 Å². The molecule has 0 radical (unpaired) electrons. The van der Waals surface area contributed by atoms with Crippen LogP contribution in [0.25, 0.3) is 22.3 Å². The van der Waals surface area contributed by atoms with E-state index in [1.807, 2.05) is 36.4 Å². The summed E-state index contributed by atoms with van der Waals surface area (Å²) in [5, 5.41) is 2.56. The minimum Gasteiger partial charge on any atom is -0.193 e. The van der Waals surface area contributed by atoms with Gasteiger partial charge in [0.25, 0.3) is 0 Å². The fraction of sp³-hybridized carbons (Fsp3) is 0.136. The molecule has 0 aromatic heterocycles. The van der Waals surface area contributed by atoms with E-state index in [0.717, 1.165) is 27.9 Å². The molecule has 1 nitrogen and oxygen atoms in total. The van der Waals surface area contributed by atoms with Gasteiger partial charge in [-0.05, 0) is 47.0 Å². The standard InChI is InChI=1S/C22H19NS/c1-16(2)19-13-20(17-9-5-3-6-10-17)22(23-15-24)21(14-19)18-11-7-4-8-12-18/h3-14,16H,1-2H3. The number of hydrogen-bond donors (Lipinski definition) is 0. The maximum atomic E-state index is 4.92. The van der Waals surface area contributed by atoms with E-state index in [9.17, 15) is 0 Å². The van der Waals surface area contributed by atoms with Gasteiger partial charge in [-0.25, -0.2) is 0 Å². The van der Waals surface area contributed by atoms with Gasteiger partial charge in [-0.2, -0.15) is 4.99 Å². The summed E-state index contributed by atoms with van der Waals surface area (Å²) in [6, 6.07) is 25.1. The van der Waals surface area contributed by atoms with Crippen molar-refractivity contribution in [1.82, 2.24) is 0 Å². The van der Waals surface area contributed by atoms with Crippen LogP contribution < -0.4 is 0 Å². The molecule has 0 N–H and O–H groups in total. The van der Waals surface area contributed by atoms with Gasteiger partial charge >= 0.3 is 0 Å². The summed E-state index contributed by atoms with van der Waals surface area (Å²) in [7, 11) is 0. The van der Waals surface area contributed by atoms with E-state index in [2.05, 4.69) is 60.4 Å². The highest BCUT2D eigenvalue weighted by Gasteiger charge is 2.15. The van der Waals surface area contributed by atoms with E-state index in [4.69, 9.17) is 12.2 Å². The molecule has 2 heteroatoms. The number of nitrogens with zero attached hydrogens (tertiary/aromatic N) is 1. The summed E-state index contributed by atoms with van der Waals surface area (Å²) in [4.78, 5) is 4.42. The van der Waals surface area contributed by atoms with Gasteiger partial charge in [0.1, 0.15) is 0 Å². The molecule has 3 aromatic carbocycles. The molecular formula is C22H19NS. The zero-order valence-electron chi connectivity index (χ0n) is 13.9. The van der Waals surface area contributed by atoms with E-state index in [1.165, 1.54) is 5.56 Å². The van der Waals surface area contributed by atoms with Crippen LogP contribution in [0.5, 0.6) is 0 Å². The second-order valence-corrected chi connectivity index (χ2v) is 6.24. The average molecular weight is 329 g/mol. The SMILES string of the molecule is CC(C)c1cc(-c2ccccc2)c(N=C=S)c(-c2ccccc2)c1. The molecule has 0 heterocycles. The zero-order chi connectivity index (χ0) is 16.9. The maximum absolute atomic E-state index is 4.92. The van der Waals surface area contributed by atoms with Crippen LogP contribution in [-0.2, 0) is 0 Å². The first-order valence-electron chi connectivity index (χ1n) is 8.07. The molecule has 0 amide bonds. The first-order valence-corrected chi connectivity index (χ1v) is 8.48. The van der Waals surface area contributed by atoms with E-state index in [1.54, 1.807) is 0 Å². The third-order valence-corrected chi connectivity index (χ3v) is 4.22. The molecule has 0 unspecified atom stereocenters. The monoisotopic (exact) mass is 329 g/mol. The minimum atomic E-state index is 0.431. The fourth-order valence-electron chi connectivity index (χ4n) is 2.83. The lowest BCUT2D eigenvalue weighted by molar-refractivity contribution is 0.867. The van der Waals surface area contributed by atoms with Crippen LogP contribution in [0.2, 0.25) is 0 Å². The Morgan fingerprint density at radius 1 is 0.792 bits per heavy atom. The third-order valence-electron chi connectivity index (χ3n) is 4.13. The second-order valence-electron chi connectivity index (χ2n) is 6.05. The topological polar surface area (TPSA) is 12.4 Å². The van der Waals surface area contributed by atoms with Crippen LogP contribution in [0.15, 0.2) is 77.8 Å².